The number of guanidine groups is 1. The molecule has 0 saturated heterocycles. The van der Waals surface area contributed by atoms with Gasteiger partial charge in [0.2, 0.25) is 0 Å². The van der Waals surface area contributed by atoms with Crippen LogP contribution in [0.1, 0.15) is 15.9 Å². The lowest BCUT2D eigenvalue weighted by atomic mass is 10.1. The van der Waals surface area contributed by atoms with Gasteiger partial charge in [0, 0.05) is 45.5 Å². The van der Waals surface area contributed by atoms with E-state index >= 15 is 0 Å². The van der Waals surface area contributed by atoms with Crippen molar-refractivity contribution in [3.8, 4) is 0 Å². The van der Waals surface area contributed by atoms with Gasteiger partial charge in [-0.2, -0.15) is 11.8 Å². The van der Waals surface area contributed by atoms with E-state index < -0.39 is 0 Å². The summed E-state index contributed by atoms with van der Waals surface area (Å²) in [4.78, 5) is 17.7. The zero-order chi connectivity index (χ0) is 16.4. The summed E-state index contributed by atoms with van der Waals surface area (Å²) in [5, 5.41) is 6.54. The fourth-order valence-electron chi connectivity index (χ4n) is 1.94. The van der Waals surface area contributed by atoms with Gasteiger partial charge in [-0.05, 0) is 30.4 Å². The van der Waals surface area contributed by atoms with E-state index in [-0.39, 0.29) is 5.91 Å². The first-order chi connectivity index (χ1) is 10.6. The molecule has 0 unspecified atom stereocenters. The summed E-state index contributed by atoms with van der Waals surface area (Å²) < 4.78 is 0. The second-order valence-electron chi connectivity index (χ2n) is 5.07. The van der Waals surface area contributed by atoms with Gasteiger partial charge in [0.1, 0.15) is 0 Å². The average Bonchev–Trinajstić information content (AvgIpc) is 2.53. The van der Waals surface area contributed by atoms with E-state index in [1.54, 1.807) is 37.8 Å². The number of nitrogens with zero attached hydrogens (tertiary/aromatic N) is 2. The molecule has 122 valence electrons. The van der Waals surface area contributed by atoms with Crippen molar-refractivity contribution in [2.24, 2.45) is 4.99 Å². The molecule has 5 nitrogen and oxygen atoms in total. The molecule has 0 heterocycles. The van der Waals surface area contributed by atoms with Crippen LogP contribution < -0.4 is 10.6 Å². The lowest BCUT2D eigenvalue weighted by molar-refractivity contribution is 0.0827. The Labute approximate surface area is 137 Å². The number of hydrogen-bond donors (Lipinski definition) is 2. The van der Waals surface area contributed by atoms with Crippen molar-refractivity contribution < 1.29 is 4.79 Å². The molecule has 0 aliphatic carbocycles. The number of aliphatic imine (C=N–C) groups is 1. The van der Waals surface area contributed by atoms with Gasteiger partial charge in [-0.15, -0.1) is 0 Å². The van der Waals surface area contributed by atoms with Crippen LogP contribution in [0.2, 0.25) is 0 Å². The molecule has 0 saturated carbocycles. The van der Waals surface area contributed by atoms with Gasteiger partial charge in [-0.3, -0.25) is 9.79 Å². The van der Waals surface area contributed by atoms with Crippen LogP contribution in [0.15, 0.2) is 29.3 Å². The highest BCUT2D eigenvalue weighted by Gasteiger charge is 2.08. The molecule has 1 amide bonds. The van der Waals surface area contributed by atoms with Crippen LogP contribution in [-0.4, -0.2) is 63.0 Å². The molecular formula is C16H26N4OS. The van der Waals surface area contributed by atoms with Crippen LogP contribution in [0.25, 0.3) is 0 Å². The first-order valence-corrected chi connectivity index (χ1v) is 8.72. The molecule has 0 spiro atoms. The van der Waals surface area contributed by atoms with Gasteiger partial charge < -0.3 is 15.5 Å². The first-order valence-electron chi connectivity index (χ1n) is 7.32. The summed E-state index contributed by atoms with van der Waals surface area (Å²) in [5.74, 6) is 1.90. The third kappa shape index (κ3) is 6.39. The zero-order valence-corrected chi connectivity index (χ0v) is 14.7. The third-order valence-electron chi connectivity index (χ3n) is 3.11. The standard InChI is InChI=1S/C16H26N4OS/c1-17-16(19-10-11-22-4)18-9-8-13-6-5-7-14(12-13)15(21)20(2)3/h5-7,12H,8-11H2,1-4H3,(H2,17,18,19). The van der Waals surface area contributed by atoms with Crippen molar-refractivity contribution in [2.75, 3.05) is 46.2 Å². The lowest BCUT2D eigenvalue weighted by Gasteiger charge is -2.13. The minimum atomic E-state index is 0.0318. The molecule has 22 heavy (non-hydrogen) atoms. The number of nitrogens with one attached hydrogen (secondary N) is 2. The summed E-state index contributed by atoms with van der Waals surface area (Å²) in [5.41, 5.74) is 1.87. The molecule has 6 heteroatoms. The maximum Gasteiger partial charge on any atom is 0.253 e. The predicted octanol–water partition coefficient (Wildman–Crippen LogP) is 1.46. The average molecular weight is 322 g/mol. The van der Waals surface area contributed by atoms with Gasteiger partial charge in [-0.25, -0.2) is 0 Å². The molecule has 1 aromatic carbocycles. The van der Waals surface area contributed by atoms with E-state index in [0.717, 1.165) is 42.3 Å². The minimum absolute atomic E-state index is 0.0318. The fourth-order valence-corrected chi connectivity index (χ4v) is 2.24. The SMILES string of the molecule is CN=C(NCCSC)NCCc1cccc(C(=O)N(C)C)c1. The summed E-state index contributed by atoms with van der Waals surface area (Å²) in [6.07, 6.45) is 2.93. The molecule has 1 rings (SSSR count). The second kappa shape index (κ2) is 10.1. The molecule has 2 N–H and O–H groups in total. The van der Waals surface area contributed by atoms with Crippen molar-refractivity contribution >= 4 is 23.6 Å². The quantitative estimate of drug-likeness (QED) is 0.453. The highest BCUT2D eigenvalue weighted by Crippen LogP contribution is 2.07. The van der Waals surface area contributed by atoms with Crippen LogP contribution >= 0.6 is 11.8 Å². The summed E-state index contributed by atoms with van der Waals surface area (Å²) in [6.45, 7) is 1.67. The van der Waals surface area contributed by atoms with E-state index in [1.165, 1.54) is 0 Å². The first kappa shape index (κ1) is 18.4. The van der Waals surface area contributed by atoms with Crippen LogP contribution in [0.3, 0.4) is 0 Å². The van der Waals surface area contributed by atoms with E-state index in [2.05, 4.69) is 21.9 Å². The van der Waals surface area contributed by atoms with E-state index in [9.17, 15) is 4.79 Å². The Hall–Kier alpha value is -1.69. The Balaban J connectivity index is 2.47. The van der Waals surface area contributed by atoms with E-state index in [1.807, 2.05) is 24.3 Å². The van der Waals surface area contributed by atoms with Crippen LogP contribution in [0, 0.1) is 0 Å². The molecule has 0 aliphatic heterocycles. The molecule has 0 aliphatic rings. The molecule has 0 bridgehead atoms. The number of carbonyl (C=O) groups is 1. The van der Waals surface area contributed by atoms with E-state index in [0.29, 0.717) is 0 Å². The number of thioether (sulfide) groups is 1. The van der Waals surface area contributed by atoms with Crippen molar-refractivity contribution in [3.63, 3.8) is 0 Å². The van der Waals surface area contributed by atoms with Crippen LogP contribution in [0.5, 0.6) is 0 Å². The normalized spacial score (nSPS) is 11.2. The Morgan fingerprint density at radius 3 is 2.64 bits per heavy atom. The van der Waals surface area contributed by atoms with Gasteiger partial charge >= 0.3 is 0 Å². The fraction of sp³-hybridized carbons (Fsp3) is 0.500. The second-order valence-corrected chi connectivity index (χ2v) is 6.05. The molecular weight excluding hydrogens is 296 g/mol. The summed E-state index contributed by atoms with van der Waals surface area (Å²) >= 11 is 1.80. The number of hydrogen-bond acceptors (Lipinski definition) is 3. The Morgan fingerprint density at radius 2 is 2.00 bits per heavy atom. The molecule has 0 fully saturated rings. The highest BCUT2D eigenvalue weighted by molar-refractivity contribution is 7.98. The maximum absolute atomic E-state index is 12.0. The zero-order valence-electron chi connectivity index (χ0n) is 13.8. The van der Waals surface area contributed by atoms with Gasteiger partial charge in [0.15, 0.2) is 5.96 Å². The smallest absolute Gasteiger partial charge is 0.253 e. The Bertz CT molecular complexity index is 503. The molecule has 1 aromatic rings. The number of benzene rings is 1. The van der Waals surface area contributed by atoms with Crippen molar-refractivity contribution in [2.45, 2.75) is 6.42 Å². The van der Waals surface area contributed by atoms with E-state index in [4.69, 9.17) is 0 Å². The topological polar surface area (TPSA) is 56.7 Å². The number of amides is 1. The lowest BCUT2D eigenvalue weighted by Crippen LogP contribution is -2.39. The monoisotopic (exact) mass is 322 g/mol. The summed E-state index contributed by atoms with van der Waals surface area (Å²) in [7, 11) is 5.30. The van der Waals surface area contributed by atoms with Crippen LogP contribution in [-0.2, 0) is 6.42 Å². The number of carbonyl (C=O) groups excluding carboxylic acids is 1. The van der Waals surface area contributed by atoms with Crippen molar-refractivity contribution in [1.29, 1.82) is 0 Å². The van der Waals surface area contributed by atoms with Crippen molar-refractivity contribution in [1.82, 2.24) is 15.5 Å². The van der Waals surface area contributed by atoms with Crippen LogP contribution in [0.4, 0.5) is 0 Å². The maximum atomic E-state index is 12.0. The van der Waals surface area contributed by atoms with Crippen molar-refractivity contribution in [3.05, 3.63) is 35.4 Å². The summed E-state index contributed by atoms with van der Waals surface area (Å²) in [6, 6.07) is 7.77. The molecule has 0 atom stereocenters. The van der Waals surface area contributed by atoms with Gasteiger partial charge in [-0.1, -0.05) is 12.1 Å². The Morgan fingerprint density at radius 1 is 1.27 bits per heavy atom. The van der Waals surface area contributed by atoms with Gasteiger partial charge in [0.25, 0.3) is 5.91 Å². The van der Waals surface area contributed by atoms with Gasteiger partial charge in [0.05, 0.1) is 0 Å². The predicted molar refractivity (Wildman–Crippen MR) is 95.9 cm³/mol. The molecule has 0 radical (unpaired) electrons. The molecule has 0 aromatic heterocycles. The third-order valence-corrected chi connectivity index (χ3v) is 3.72. The minimum Gasteiger partial charge on any atom is -0.356 e. The largest absolute Gasteiger partial charge is 0.356 e. The number of rotatable bonds is 7. The Kier molecular flexibility index (Phi) is 8.43. The highest BCUT2D eigenvalue weighted by atomic mass is 32.2.